The summed E-state index contributed by atoms with van der Waals surface area (Å²) in [5.74, 6) is 0. The number of hydrogen-bond acceptors (Lipinski definition) is 1. The van der Waals surface area contributed by atoms with Gasteiger partial charge in [0, 0.05) is 32.9 Å². The zero-order valence-corrected chi connectivity index (χ0v) is 43.3. The van der Waals surface area contributed by atoms with E-state index in [1.807, 2.05) is 0 Å². The lowest BCUT2D eigenvalue weighted by molar-refractivity contribution is 0.569. The van der Waals surface area contributed by atoms with Crippen LogP contribution < -0.4 is 4.90 Å². The first-order valence-electron chi connectivity index (χ1n) is 24.8. The molecule has 2 heteroatoms. The van der Waals surface area contributed by atoms with Gasteiger partial charge in [0.2, 0.25) is 0 Å². The summed E-state index contributed by atoms with van der Waals surface area (Å²) < 4.78 is 2.53. The lowest BCUT2D eigenvalue weighted by Crippen LogP contribution is -2.16. The lowest BCUT2D eigenvalue weighted by Gasteiger charge is -2.29. The monoisotopic (exact) mass is 891 g/mol. The Balaban J connectivity index is 1.18. The molecule has 0 aliphatic rings. The predicted molar refractivity (Wildman–Crippen MR) is 298 cm³/mol. The standard InChI is InChI=1S/C66H70N2/c1-62(2,3)45-22-28-51(29-23-45)67(50-26-16-41(17-27-50)44-36-48(65(10,11)12)38-49(37-44)66(13,14)15)56-32-20-42-19-31-53-57(33-21-43-18-30-52(56)60(42)61(43)53)68-58-34-24-46(63(4,5)6)39-54(58)55-40-47(64(7,8)9)25-35-59(55)68/h16-40H,1-15H3. The minimum atomic E-state index is 0.0354. The molecule has 0 amide bonds. The summed E-state index contributed by atoms with van der Waals surface area (Å²) in [4.78, 5) is 2.47. The number of nitrogens with zero attached hydrogens (tertiary/aromatic N) is 2. The summed E-state index contributed by atoms with van der Waals surface area (Å²) in [5.41, 5.74) is 16.6. The maximum atomic E-state index is 2.53. The van der Waals surface area contributed by atoms with Crippen LogP contribution in [0.1, 0.15) is 132 Å². The number of hydrogen-bond donors (Lipinski definition) is 0. The molecule has 1 aromatic heterocycles. The molecule has 344 valence electrons. The summed E-state index contributed by atoms with van der Waals surface area (Å²) in [5, 5.41) is 10.2. The summed E-state index contributed by atoms with van der Waals surface area (Å²) in [6, 6.07) is 58.8. The normalized spacial score (nSPS) is 13.2. The third kappa shape index (κ3) is 7.84. The van der Waals surface area contributed by atoms with Crippen molar-refractivity contribution in [3.63, 3.8) is 0 Å². The van der Waals surface area contributed by atoms with E-state index in [-0.39, 0.29) is 27.1 Å². The molecule has 0 atom stereocenters. The average Bonchev–Trinajstić information content (AvgIpc) is 3.60. The van der Waals surface area contributed by atoms with Crippen LogP contribution in [0.3, 0.4) is 0 Å². The first-order valence-corrected chi connectivity index (χ1v) is 24.8. The minimum absolute atomic E-state index is 0.0354. The van der Waals surface area contributed by atoms with Crippen LogP contribution in [0.25, 0.3) is 70.9 Å². The minimum Gasteiger partial charge on any atom is -0.310 e. The number of aromatic nitrogens is 1. The summed E-state index contributed by atoms with van der Waals surface area (Å²) >= 11 is 0. The molecular formula is C66H70N2. The van der Waals surface area contributed by atoms with Crippen molar-refractivity contribution in [2.75, 3.05) is 4.90 Å². The smallest absolute Gasteiger partial charge is 0.0541 e. The summed E-state index contributed by atoms with van der Waals surface area (Å²) in [6.45, 7) is 34.7. The molecule has 10 aromatic rings. The Morgan fingerprint density at radius 3 is 1.21 bits per heavy atom. The van der Waals surface area contributed by atoms with Gasteiger partial charge in [-0.15, -0.1) is 0 Å². The molecule has 9 aromatic carbocycles. The second-order valence-corrected chi connectivity index (χ2v) is 24.9. The van der Waals surface area contributed by atoms with E-state index in [1.54, 1.807) is 0 Å². The topological polar surface area (TPSA) is 8.17 Å². The molecule has 0 aliphatic heterocycles. The van der Waals surface area contributed by atoms with Crippen LogP contribution in [-0.4, -0.2) is 4.57 Å². The second-order valence-electron chi connectivity index (χ2n) is 24.9. The Hall–Kier alpha value is -6.38. The van der Waals surface area contributed by atoms with Gasteiger partial charge < -0.3 is 9.47 Å². The van der Waals surface area contributed by atoms with E-state index in [0.717, 1.165) is 11.4 Å². The van der Waals surface area contributed by atoms with E-state index in [9.17, 15) is 0 Å². The average molecular weight is 891 g/mol. The molecular weight excluding hydrogens is 821 g/mol. The molecule has 10 rings (SSSR count). The van der Waals surface area contributed by atoms with Crippen molar-refractivity contribution >= 4 is 71.2 Å². The highest BCUT2D eigenvalue weighted by molar-refractivity contribution is 6.27. The number of benzene rings is 9. The molecule has 0 bridgehead atoms. The maximum Gasteiger partial charge on any atom is 0.0541 e. The van der Waals surface area contributed by atoms with Crippen LogP contribution >= 0.6 is 0 Å². The predicted octanol–water partition coefficient (Wildman–Crippen LogP) is 19.3. The van der Waals surface area contributed by atoms with Gasteiger partial charge in [0.1, 0.15) is 0 Å². The molecule has 0 unspecified atom stereocenters. The van der Waals surface area contributed by atoms with Gasteiger partial charge in [-0.2, -0.15) is 0 Å². The zero-order valence-electron chi connectivity index (χ0n) is 43.3. The molecule has 0 fully saturated rings. The van der Waals surface area contributed by atoms with E-state index >= 15 is 0 Å². The van der Waals surface area contributed by atoms with Gasteiger partial charge in [0.25, 0.3) is 0 Å². The highest BCUT2D eigenvalue weighted by atomic mass is 15.1. The van der Waals surface area contributed by atoms with Crippen LogP contribution in [0.15, 0.2) is 152 Å². The van der Waals surface area contributed by atoms with Crippen molar-refractivity contribution in [1.29, 1.82) is 0 Å². The van der Waals surface area contributed by atoms with Gasteiger partial charge in [-0.25, -0.2) is 0 Å². The van der Waals surface area contributed by atoms with Gasteiger partial charge in [-0.3, -0.25) is 0 Å². The Labute approximate surface area is 406 Å². The number of rotatable bonds is 5. The molecule has 0 N–H and O–H groups in total. The van der Waals surface area contributed by atoms with Crippen LogP contribution in [0.2, 0.25) is 0 Å². The summed E-state index contributed by atoms with van der Waals surface area (Å²) in [7, 11) is 0. The third-order valence-electron chi connectivity index (χ3n) is 14.7. The van der Waals surface area contributed by atoms with Gasteiger partial charge in [-0.05, 0) is 148 Å². The first kappa shape index (κ1) is 45.4. The van der Waals surface area contributed by atoms with Gasteiger partial charge in [0.05, 0.1) is 22.4 Å². The molecule has 0 radical (unpaired) electrons. The van der Waals surface area contributed by atoms with E-state index in [1.165, 1.54) is 104 Å². The Morgan fingerprint density at radius 1 is 0.309 bits per heavy atom. The second kappa shape index (κ2) is 15.6. The Morgan fingerprint density at radius 2 is 0.721 bits per heavy atom. The SMILES string of the molecule is CC(C)(C)c1ccc(N(c2ccc(-c3cc(C(C)(C)C)cc(C(C)(C)C)c3)cc2)c2ccc3ccc4c(-n5c6ccc(C(C)(C)C)cc6c6cc(C(C)(C)C)ccc65)ccc5ccc2c3c54)cc1. The van der Waals surface area contributed by atoms with E-state index in [4.69, 9.17) is 0 Å². The molecule has 68 heavy (non-hydrogen) atoms. The Kier molecular flexibility index (Phi) is 10.4. The molecule has 1 heterocycles. The van der Waals surface area contributed by atoms with Gasteiger partial charge >= 0.3 is 0 Å². The van der Waals surface area contributed by atoms with Crippen molar-refractivity contribution in [3.8, 4) is 16.8 Å². The molecule has 0 saturated carbocycles. The lowest BCUT2D eigenvalue weighted by atomic mass is 9.79. The van der Waals surface area contributed by atoms with Gasteiger partial charge in [0.15, 0.2) is 0 Å². The van der Waals surface area contributed by atoms with Crippen LogP contribution in [0.5, 0.6) is 0 Å². The van der Waals surface area contributed by atoms with E-state index in [0.29, 0.717) is 0 Å². The molecule has 2 nitrogen and oxygen atoms in total. The molecule has 0 saturated heterocycles. The fraction of sp³-hybridized carbons (Fsp3) is 0.303. The molecule has 0 aliphatic carbocycles. The summed E-state index contributed by atoms with van der Waals surface area (Å²) in [6.07, 6.45) is 0. The maximum absolute atomic E-state index is 2.53. The van der Waals surface area contributed by atoms with Crippen LogP contribution in [-0.2, 0) is 27.1 Å². The third-order valence-corrected chi connectivity index (χ3v) is 14.7. The van der Waals surface area contributed by atoms with Crippen LogP contribution in [0, 0.1) is 0 Å². The van der Waals surface area contributed by atoms with E-state index in [2.05, 4.69) is 265 Å². The Bertz CT molecular complexity index is 3440. The highest BCUT2D eigenvalue weighted by Gasteiger charge is 2.26. The fourth-order valence-electron chi connectivity index (χ4n) is 10.4. The number of fused-ring (bicyclic) bond motifs is 3. The van der Waals surface area contributed by atoms with Gasteiger partial charge in [-0.1, -0.05) is 195 Å². The van der Waals surface area contributed by atoms with Crippen molar-refractivity contribution in [1.82, 2.24) is 4.57 Å². The van der Waals surface area contributed by atoms with Crippen LogP contribution in [0.4, 0.5) is 17.1 Å². The van der Waals surface area contributed by atoms with Crippen molar-refractivity contribution in [2.24, 2.45) is 0 Å². The zero-order chi connectivity index (χ0) is 48.5. The highest BCUT2D eigenvalue weighted by Crippen LogP contribution is 2.47. The molecule has 0 spiro atoms. The largest absolute Gasteiger partial charge is 0.310 e. The van der Waals surface area contributed by atoms with Crippen molar-refractivity contribution in [3.05, 3.63) is 179 Å². The fourth-order valence-corrected chi connectivity index (χ4v) is 10.4. The van der Waals surface area contributed by atoms with Crippen molar-refractivity contribution in [2.45, 2.75) is 131 Å². The number of anilines is 3. The first-order chi connectivity index (χ1) is 31.9. The quantitative estimate of drug-likeness (QED) is 0.156. The van der Waals surface area contributed by atoms with E-state index < -0.39 is 0 Å². The van der Waals surface area contributed by atoms with Crippen molar-refractivity contribution < 1.29 is 0 Å².